The molecule has 1 heterocycles. The summed E-state index contributed by atoms with van der Waals surface area (Å²) >= 11 is 0. The van der Waals surface area contributed by atoms with E-state index in [-0.39, 0.29) is 48.4 Å². The van der Waals surface area contributed by atoms with Crippen LogP contribution in [0.25, 0.3) is 0 Å². The molecule has 4 amide bonds. The highest BCUT2D eigenvalue weighted by Crippen LogP contribution is 2.30. The van der Waals surface area contributed by atoms with Gasteiger partial charge in [-0.25, -0.2) is 4.79 Å². The second-order valence-electron chi connectivity index (χ2n) is 9.81. The van der Waals surface area contributed by atoms with E-state index in [1.54, 1.807) is 42.2 Å². The van der Waals surface area contributed by atoms with Crippen molar-refractivity contribution in [1.29, 1.82) is 0 Å². The fourth-order valence-corrected chi connectivity index (χ4v) is 4.38. The van der Waals surface area contributed by atoms with E-state index in [4.69, 9.17) is 9.47 Å². The van der Waals surface area contributed by atoms with E-state index in [1.807, 2.05) is 20.8 Å². The van der Waals surface area contributed by atoms with Gasteiger partial charge in [-0.1, -0.05) is 20.3 Å². The number of hydrogen-bond acceptors (Lipinski definition) is 5. The third-order valence-corrected chi connectivity index (χ3v) is 6.98. The van der Waals surface area contributed by atoms with Crippen LogP contribution in [-0.2, 0) is 9.53 Å². The second kappa shape index (κ2) is 12.2. The molecule has 0 saturated heterocycles. The zero-order valence-electron chi connectivity index (χ0n) is 21.6. The summed E-state index contributed by atoms with van der Waals surface area (Å²) in [7, 11) is 3.36. The first kappa shape index (κ1) is 26.8. The van der Waals surface area contributed by atoms with Gasteiger partial charge >= 0.3 is 6.03 Å². The van der Waals surface area contributed by atoms with Crippen LogP contribution < -0.4 is 15.4 Å². The molecule has 0 spiro atoms. The molecule has 0 radical (unpaired) electrons. The number of ether oxygens (including phenoxy) is 2. The minimum atomic E-state index is -0.250. The highest BCUT2D eigenvalue weighted by atomic mass is 16.5. The highest BCUT2D eigenvalue weighted by molar-refractivity contribution is 5.99. The molecule has 1 aliphatic heterocycles. The highest BCUT2D eigenvalue weighted by Gasteiger charge is 2.31. The molecule has 0 unspecified atom stereocenters. The number of urea groups is 1. The summed E-state index contributed by atoms with van der Waals surface area (Å²) in [5.41, 5.74) is 1.00. The number of carbonyl (C=O) groups is 3. The van der Waals surface area contributed by atoms with Crippen molar-refractivity contribution >= 4 is 23.5 Å². The Morgan fingerprint density at radius 3 is 2.57 bits per heavy atom. The van der Waals surface area contributed by atoms with E-state index in [2.05, 4.69) is 10.6 Å². The number of anilines is 1. The first-order chi connectivity index (χ1) is 16.7. The van der Waals surface area contributed by atoms with E-state index in [0.717, 1.165) is 25.7 Å². The van der Waals surface area contributed by atoms with Gasteiger partial charge in [-0.15, -0.1) is 0 Å². The van der Waals surface area contributed by atoms with Gasteiger partial charge in [0.1, 0.15) is 12.4 Å². The Hall–Kier alpha value is -2.81. The Bertz CT molecular complexity index is 904. The molecule has 1 aromatic rings. The average molecular weight is 489 g/mol. The van der Waals surface area contributed by atoms with Crippen LogP contribution in [0.2, 0.25) is 0 Å². The summed E-state index contributed by atoms with van der Waals surface area (Å²) in [6.07, 6.45) is 3.48. The lowest BCUT2D eigenvalue weighted by Gasteiger charge is -2.36. The summed E-state index contributed by atoms with van der Waals surface area (Å²) in [6, 6.07) is 4.74. The van der Waals surface area contributed by atoms with Crippen LogP contribution in [0.1, 0.15) is 56.8 Å². The van der Waals surface area contributed by atoms with Gasteiger partial charge in [0.15, 0.2) is 0 Å². The molecule has 1 saturated carbocycles. The van der Waals surface area contributed by atoms with Crippen LogP contribution in [0.3, 0.4) is 0 Å². The van der Waals surface area contributed by atoms with Crippen molar-refractivity contribution in [1.82, 2.24) is 15.1 Å². The molecule has 2 aliphatic rings. The van der Waals surface area contributed by atoms with E-state index in [9.17, 15) is 14.4 Å². The number of nitrogens with zero attached hydrogens (tertiary/aromatic N) is 2. The molecule has 0 aromatic heterocycles. The van der Waals surface area contributed by atoms with Gasteiger partial charge in [-0.2, -0.15) is 0 Å². The number of benzene rings is 1. The third-order valence-electron chi connectivity index (χ3n) is 6.98. The molecule has 3 rings (SSSR count). The molecule has 9 nitrogen and oxygen atoms in total. The predicted octanol–water partition coefficient (Wildman–Crippen LogP) is 3.35. The molecule has 35 heavy (non-hydrogen) atoms. The smallest absolute Gasteiger partial charge is 0.317 e. The number of rotatable bonds is 5. The molecular weight excluding hydrogens is 448 g/mol. The Balaban J connectivity index is 1.90. The van der Waals surface area contributed by atoms with Crippen molar-refractivity contribution in [2.75, 3.05) is 45.7 Å². The topological polar surface area (TPSA) is 100 Å². The maximum absolute atomic E-state index is 13.3. The molecule has 1 aromatic carbocycles. The van der Waals surface area contributed by atoms with Gasteiger partial charge in [-0.05, 0) is 38.3 Å². The fourth-order valence-electron chi connectivity index (χ4n) is 4.38. The number of methoxy groups -OCH3 is 1. The molecule has 3 atom stereocenters. The Morgan fingerprint density at radius 1 is 1.20 bits per heavy atom. The zero-order chi connectivity index (χ0) is 25.5. The minimum Gasteiger partial charge on any atom is -0.491 e. The number of fused-ring (bicyclic) bond motifs is 1. The van der Waals surface area contributed by atoms with Crippen LogP contribution in [0, 0.1) is 11.8 Å². The van der Waals surface area contributed by atoms with E-state index in [1.165, 1.54) is 0 Å². The van der Waals surface area contributed by atoms with Crippen LogP contribution in [0.4, 0.5) is 10.5 Å². The number of nitrogens with one attached hydrogen (secondary N) is 2. The van der Waals surface area contributed by atoms with Crippen molar-refractivity contribution in [2.24, 2.45) is 11.8 Å². The van der Waals surface area contributed by atoms with E-state index in [0.29, 0.717) is 36.6 Å². The summed E-state index contributed by atoms with van der Waals surface area (Å²) < 4.78 is 11.9. The van der Waals surface area contributed by atoms with Crippen molar-refractivity contribution in [2.45, 2.75) is 58.6 Å². The van der Waals surface area contributed by atoms with E-state index < -0.39 is 0 Å². The molecule has 1 fully saturated rings. The summed E-state index contributed by atoms with van der Waals surface area (Å²) in [6.45, 7) is 7.60. The lowest BCUT2D eigenvalue weighted by atomic mass is 9.85. The van der Waals surface area contributed by atoms with Crippen LogP contribution in [0.5, 0.6) is 5.75 Å². The Morgan fingerprint density at radius 2 is 1.94 bits per heavy atom. The van der Waals surface area contributed by atoms with E-state index >= 15 is 0 Å². The van der Waals surface area contributed by atoms with Gasteiger partial charge in [-0.3, -0.25) is 9.59 Å². The summed E-state index contributed by atoms with van der Waals surface area (Å²) in [5.74, 6) is 0.242. The number of hydrogen-bond donors (Lipinski definition) is 2. The normalized spacial score (nSPS) is 23.8. The first-order valence-electron chi connectivity index (χ1n) is 12.7. The fraction of sp³-hybridized carbons (Fsp3) is 0.654. The SMILES string of the molecule is CCCNC(=O)N1C[C@H](C)[C@H](OC)CN(C)C(=O)c2ccc(NC(=O)C3CCC3)cc2OC[C@@H]1C. The molecule has 0 bridgehead atoms. The van der Waals surface area contributed by atoms with Crippen molar-refractivity contribution < 1.29 is 23.9 Å². The monoisotopic (exact) mass is 488 g/mol. The predicted molar refractivity (Wildman–Crippen MR) is 135 cm³/mol. The standard InChI is InChI=1S/C26H40N4O5/c1-6-12-27-26(33)30-14-17(2)23(34-5)15-29(4)25(32)21-11-10-20(13-22(21)35-16-18(30)3)28-24(31)19-8-7-9-19/h10-11,13,17-19,23H,6-9,12,14-16H2,1-5H3,(H,27,33)(H,28,31)/t17-,18-,23+/m0/s1. The molecular formula is C26H40N4O5. The Labute approximate surface area is 208 Å². The van der Waals surface area contributed by atoms with Crippen molar-refractivity contribution in [3.8, 4) is 5.75 Å². The van der Waals surface area contributed by atoms with Crippen LogP contribution >= 0.6 is 0 Å². The average Bonchev–Trinajstić information content (AvgIpc) is 2.80. The molecule has 2 N–H and O–H groups in total. The van der Waals surface area contributed by atoms with Crippen molar-refractivity contribution in [3.63, 3.8) is 0 Å². The third kappa shape index (κ3) is 6.66. The van der Waals surface area contributed by atoms with Gasteiger partial charge in [0, 0.05) is 57.4 Å². The van der Waals surface area contributed by atoms with Gasteiger partial charge < -0.3 is 29.9 Å². The minimum absolute atomic E-state index is 0.00291. The maximum atomic E-state index is 13.3. The van der Waals surface area contributed by atoms with Gasteiger partial charge in [0.25, 0.3) is 5.91 Å². The first-order valence-corrected chi connectivity index (χ1v) is 12.7. The quantitative estimate of drug-likeness (QED) is 0.662. The number of likely N-dealkylation sites (N-methyl/N-ethyl adjacent to an activating group) is 1. The van der Waals surface area contributed by atoms with Crippen LogP contribution in [-0.4, -0.2) is 80.2 Å². The van der Waals surface area contributed by atoms with Gasteiger partial charge in [0.2, 0.25) is 5.91 Å². The molecule has 194 valence electrons. The molecule has 9 heteroatoms. The molecule has 1 aliphatic carbocycles. The number of amides is 4. The van der Waals surface area contributed by atoms with Crippen molar-refractivity contribution in [3.05, 3.63) is 23.8 Å². The van der Waals surface area contributed by atoms with Gasteiger partial charge in [0.05, 0.1) is 17.7 Å². The Kier molecular flexibility index (Phi) is 9.37. The largest absolute Gasteiger partial charge is 0.491 e. The maximum Gasteiger partial charge on any atom is 0.317 e. The number of carbonyl (C=O) groups excluding carboxylic acids is 3. The second-order valence-corrected chi connectivity index (χ2v) is 9.81. The van der Waals surface area contributed by atoms with Crippen LogP contribution in [0.15, 0.2) is 18.2 Å². The summed E-state index contributed by atoms with van der Waals surface area (Å²) in [5, 5.41) is 5.92. The lowest BCUT2D eigenvalue weighted by molar-refractivity contribution is -0.122. The lowest BCUT2D eigenvalue weighted by Crippen LogP contribution is -2.51. The zero-order valence-corrected chi connectivity index (χ0v) is 21.6. The summed E-state index contributed by atoms with van der Waals surface area (Å²) in [4.78, 5) is 42.1.